The molecule has 1 aliphatic heterocycles. The van der Waals surface area contributed by atoms with Gasteiger partial charge in [0.15, 0.2) is 5.65 Å². The number of nitrogens with two attached hydrogens (primary N) is 1. The van der Waals surface area contributed by atoms with Gasteiger partial charge < -0.3 is 10.6 Å². The van der Waals surface area contributed by atoms with Crippen LogP contribution in [0.25, 0.3) is 5.65 Å². The summed E-state index contributed by atoms with van der Waals surface area (Å²) in [4.78, 5) is 2.48. The third-order valence-electron chi connectivity index (χ3n) is 3.88. The van der Waals surface area contributed by atoms with Crippen molar-refractivity contribution in [2.45, 2.75) is 25.7 Å². The monoisotopic (exact) mass is 245 g/mol. The maximum absolute atomic E-state index is 6.03. The molecular formula is C13H19N5. The van der Waals surface area contributed by atoms with Crippen molar-refractivity contribution in [2.24, 2.45) is 0 Å². The first-order valence-electron chi connectivity index (χ1n) is 6.61. The van der Waals surface area contributed by atoms with Crippen molar-refractivity contribution in [1.82, 2.24) is 19.5 Å². The Morgan fingerprint density at radius 3 is 2.78 bits per heavy atom. The van der Waals surface area contributed by atoms with Gasteiger partial charge >= 0.3 is 0 Å². The Hall–Kier alpha value is -1.62. The number of rotatable bonds is 2. The molecule has 2 N–H and O–H groups in total. The largest absolute Gasteiger partial charge is 0.385 e. The lowest BCUT2D eigenvalue weighted by molar-refractivity contribution is 0.219. The highest BCUT2D eigenvalue weighted by molar-refractivity contribution is 5.48. The molecule has 0 radical (unpaired) electrons. The van der Waals surface area contributed by atoms with E-state index in [9.17, 15) is 0 Å². The summed E-state index contributed by atoms with van der Waals surface area (Å²) in [6.07, 6.45) is 2.28. The van der Waals surface area contributed by atoms with E-state index in [1.54, 1.807) is 0 Å². The number of aromatic nitrogens is 3. The summed E-state index contributed by atoms with van der Waals surface area (Å²) >= 11 is 0. The normalized spacial score (nSPS) is 18.5. The van der Waals surface area contributed by atoms with Crippen LogP contribution < -0.4 is 5.73 Å². The summed E-state index contributed by atoms with van der Waals surface area (Å²) in [6, 6.07) is 5.78. The minimum atomic E-state index is 0.479. The maximum Gasteiger partial charge on any atom is 0.162 e. The number of fused-ring (bicyclic) bond motifs is 1. The fourth-order valence-electron chi connectivity index (χ4n) is 2.76. The number of hydrogen-bond donors (Lipinski definition) is 1. The van der Waals surface area contributed by atoms with E-state index in [0.29, 0.717) is 5.92 Å². The van der Waals surface area contributed by atoms with Crippen molar-refractivity contribution in [3.63, 3.8) is 0 Å². The molecule has 0 bridgehead atoms. The highest BCUT2D eigenvalue weighted by atomic mass is 15.3. The van der Waals surface area contributed by atoms with E-state index in [2.05, 4.69) is 22.0 Å². The molecule has 0 aromatic carbocycles. The highest BCUT2D eigenvalue weighted by Gasteiger charge is 2.24. The lowest BCUT2D eigenvalue weighted by Crippen LogP contribution is -2.33. The van der Waals surface area contributed by atoms with Gasteiger partial charge in [0.2, 0.25) is 0 Å². The number of nitrogens with zero attached hydrogens (tertiary/aromatic N) is 4. The third-order valence-corrected chi connectivity index (χ3v) is 3.88. The van der Waals surface area contributed by atoms with E-state index in [1.807, 2.05) is 22.6 Å². The van der Waals surface area contributed by atoms with E-state index in [0.717, 1.165) is 49.8 Å². The van der Waals surface area contributed by atoms with Crippen molar-refractivity contribution in [2.75, 3.05) is 25.4 Å². The summed E-state index contributed by atoms with van der Waals surface area (Å²) < 4.78 is 1.99. The van der Waals surface area contributed by atoms with Crippen molar-refractivity contribution in [3.8, 4) is 0 Å². The van der Waals surface area contributed by atoms with Crippen LogP contribution in [0.4, 0.5) is 5.82 Å². The number of piperidine rings is 1. The molecule has 0 amide bonds. The van der Waals surface area contributed by atoms with Crippen LogP contribution in [-0.2, 0) is 0 Å². The summed E-state index contributed by atoms with van der Waals surface area (Å²) in [6.45, 7) is 5.63. The molecule has 1 saturated heterocycles. The molecule has 96 valence electrons. The van der Waals surface area contributed by atoms with Crippen LogP contribution in [0, 0.1) is 0 Å². The summed E-state index contributed by atoms with van der Waals surface area (Å²) in [5, 5.41) is 8.56. The van der Waals surface area contributed by atoms with E-state index in [1.165, 1.54) is 0 Å². The quantitative estimate of drug-likeness (QED) is 0.871. The van der Waals surface area contributed by atoms with Gasteiger partial charge in [-0.05, 0) is 44.6 Å². The zero-order valence-electron chi connectivity index (χ0n) is 10.7. The highest BCUT2D eigenvalue weighted by Crippen LogP contribution is 2.28. The standard InChI is InChI=1S/C13H19N5/c1-2-17-8-6-10(7-9-17)13-16-15-12-5-3-4-11(14)18(12)13/h3-5,10H,2,6-9,14H2,1H3. The van der Waals surface area contributed by atoms with Gasteiger partial charge in [0.25, 0.3) is 0 Å². The summed E-state index contributed by atoms with van der Waals surface area (Å²) in [5.74, 6) is 2.23. The zero-order chi connectivity index (χ0) is 12.5. The maximum atomic E-state index is 6.03. The molecule has 1 fully saturated rings. The summed E-state index contributed by atoms with van der Waals surface area (Å²) in [5.41, 5.74) is 6.88. The Labute approximate surface area is 107 Å². The zero-order valence-corrected chi connectivity index (χ0v) is 10.7. The van der Waals surface area contributed by atoms with E-state index in [-0.39, 0.29) is 0 Å². The molecule has 1 aliphatic rings. The Balaban J connectivity index is 1.91. The van der Waals surface area contributed by atoms with Crippen molar-refractivity contribution < 1.29 is 0 Å². The Morgan fingerprint density at radius 2 is 2.06 bits per heavy atom. The first-order chi connectivity index (χ1) is 8.79. The second-order valence-corrected chi connectivity index (χ2v) is 4.91. The van der Waals surface area contributed by atoms with Gasteiger partial charge in [-0.2, -0.15) is 0 Å². The second kappa shape index (κ2) is 4.57. The molecule has 5 heteroatoms. The molecule has 18 heavy (non-hydrogen) atoms. The van der Waals surface area contributed by atoms with E-state index in [4.69, 9.17) is 5.73 Å². The van der Waals surface area contributed by atoms with Crippen LogP contribution in [0.1, 0.15) is 31.5 Å². The summed E-state index contributed by atoms with van der Waals surface area (Å²) in [7, 11) is 0. The Kier molecular flexibility index (Phi) is 2.91. The average Bonchev–Trinajstić information content (AvgIpc) is 2.84. The predicted molar refractivity (Wildman–Crippen MR) is 71.5 cm³/mol. The first kappa shape index (κ1) is 11.5. The minimum Gasteiger partial charge on any atom is -0.385 e. The SMILES string of the molecule is CCN1CCC(c2nnc3cccc(N)n23)CC1. The second-order valence-electron chi connectivity index (χ2n) is 4.91. The van der Waals surface area contributed by atoms with Crippen molar-refractivity contribution in [3.05, 3.63) is 24.0 Å². The fourth-order valence-corrected chi connectivity index (χ4v) is 2.76. The van der Waals surface area contributed by atoms with E-state index >= 15 is 0 Å². The Bertz CT molecular complexity index is 539. The van der Waals surface area contributed by atoms with Crippen LogP contribution in [0.3, 0.4) is 0 Å². The van der Waals surface area contributed by atoms with Crippen LogP contribution in [0.5, 0.6) is 0 Å². The van der Waals surface area contributed by atoms with Gasteiger partial charge in [0.05, 0.1) is 0 Å². The Morgan fingerprint density at radius 1 is 1.28 bits per heavy atom. The number of hydrogen-bond acceptors (Lipinski definition) is 4. The topological polar surface area (TPSA) is 59.5 Å². The van der Waals surface area contributed by atoms with Crippen molar-refractivity contribution in [1.29, 1.82) is 0 Å². The van der Waals surface area contributed by atoms with Crippen LogP contribution in [0.2, 0.25) is 0 Å². The van der Waals surface area contributed by atoms with Crippen LogP contribution in [-0.4, -0.2) is 39.1 Å². The smallest absolute Gasteiger partial charge is 0.162 e. The number of likely N-dealkylation sites (tertiary alicyclic amines) is 1. The molecular weight excluding hydrogens is 226 g/mol. The van der Waals surface area contributed by atoms with Crippen LogP contribution in [0.15, 0.2) is 18.2 Å². The average molecular weight is 245 g/mol. The number of pyridine rings is 1. The van der Waals surface area contributed by atoms with Gasteiger partial charge in [0.1, 0.15) is 11.6 Å². The van der Waals surface area contributed by atoms with Gasteiger partial charge in [-0.25, -0.2) is 0 Å². The third kappa shape index (κ3) is 1.84. The lowest BCUT2D eigenvalue weighted by atomic mass is 9.96. The van der Waals surface area contributed by atoms with Gasteiger partial charge in [0, 0.05) is 5.92 Å². The molecule has 0 atom stereocenters. The molecule has 0 unspecified atom stereocenters. The van der Waals surface area contributed by atoms with Gasteiger partial charge in [-0.15, -0.1) is 10.2 Å². The molecule has 0 saturated carbocycles. The molecule has 5 nitrogen and oxygen atoms in total. The number of anilines is 1. The van der Waals surface area contributed by atoms with Crippen molar-refractivity contribution >= 4 is 11.5 Å². The molecule has 3 heterocycles. The first-order valence-corrected chi connectivity index (χ1v) is 6.61. The molecule has 3 rings (SSSR count). The van der Waals surface area contributed by atoms with Gasteiger partial charge in [-0.3, -0.25) is 4.40 Å². The fraction of sp³-hybridized carbons (Fsp3) is 0.538. The lowest BCUT2D eigenvalue weighted by Gasteiger charge is -2.30. The number of nitrogen functional groups attached to an aromatic ring is 1. The molecule has 0 spiro atoms. The molecule has 0 aliphatic carbocycles. The van der Waals surface area contributed by atoms with Crippen LogP contribution >= 0.6 is 0 Å². The molecule has 2 aromatic rings. The van der Waals surface area contributed by atoms with E-state index < -0.39 is 0 Å². The van der Waals surface area contributed by atoms with Gasteiger partial charge in [-0.1, -0.05) is 13.0 Å². The predicted octanol–water partition coefficient (Wildman–Crippen LogP) is 1.51. The minimum absolute atomic E-state index is 0.479. The molecule has 2 aromatic heterocycles.